The van der Waals surface area contributed by atoms with E-state index in [4.69, 9.17) is 4.74 Å². The maximum atomic E-state index is 6.04. The number of ether oxygens (including phenoxy) is 1. The minimum Gasteiger partial charge on any atom is -0.474 e. The van der Waals surface area contributed by atoms with E-state index in [-0.39, 0.29) is 6.10 Å². The van der Waals surface area contributed by atoms with Crippen LogP contribution in [-0.2, 0) is 0 Å². The molecule has 140 valence electrons. The Kier molecular flexibility index (Phi) is 4.92. The predicted molar refractivity (Wildman–Crippen MR) is 105 cm³/mol. The molecule has 2 heterocycles. The lowest BCUT2D eigenvalue weighted by Gasteiger charge is -2.28. The molecular weight excluding hydrogens is 336 g/mol. The summed E-state index contributed by atoms with van der Waals surface area (Å²) in [5, 5.41) is 8.94. The van der Waals surface area contributed by atoms with Gasteiger partial charge in [0.2, 0.25) is 5.88 Å². The molecule has 1 aliphatic carbocycles. The van der Waals surface area contributed by atoms with E-state index in [2.05, 4.69) is 51.8 Å². The summed E-state index contributed by atoms with van der Waals surface area (Å²) in [6, 6.07) is 12.3. The molecule has 3 aromatic rings. The predicted octanol–water partition coefficient (Wildman–Crippen LogP) is 4.69. The van der Waals surface area contributed by atoms with Crippen molar-refractivity contribution in [1.82, 2.24) is 19.7 Å². The summed E-state index contributed by atoms with van der Waals surface area (Å²) in [4.78, 5) is 4.28. The Hall–Kier alpha value is -2.69. The number of aryl methyl sites for hydroxylation is 3. The van der Waals surface area contributed by atoms with Crippen LogP contribution in [0.15, 0.2) is 42.6 Å². The summed E-state index contributed by atoms with van der Waals surface area (Å²) in [6.45, 7) is 6.31. The monoisotopic (exact) mass is 362 g/mol. The van der Waals surface area contributed by atoms with Crippen LogP contribution in [0.4, 0.5) is 0 Å². The minimum absolute atomic E-state index is 0.231. The Labute approximate surface area is 160 Å². The van der Waals surface area contributed by atoms with Crippen molar-refractivity contribution in [3.8, 4) is 11.6 Å². The number of pyridine rings is 1. The van der Waals surface area contributed by atoms with E-state index in [0.717, 1.165) is 43.2 Å². The molecule has 1 aliphatic rings. The van der Waals surface area contributed by atoms with Gasteiger partial charge >= 0.3 is 0 Å². The Morgan fingerprint density at radius 1 is 0.963 bits per heavy atom. The van der Waals surface area contributed by atoms with Gasteiger partial charge in [0.15, 0.2) is 0 Å². The topological polar surface area (TPSA) is 52.8 Å². The van der Waals surface area contributed by atoms with Crippen LogP contribution in [-0.4, -0.2) is 25.9 Å². The lowest BCUT2D eigenvalue weighted by Crippen LogP contribution is -2.25. The zero-order valence-corrected chi connectivity index (χ0v) is 16.2. The molecule has 2 aromatic heterocycles. The van der Waals surface area contributed by atoms with Crippen LogP contribution in [0.25, 0.3) is 5.69 Å². The average molecular weight is 362 g/mol. The summed E-state index contributed by atoms with van der Waals surface area (Å²) in [7, 11) is 0. The first kappa shape index (κ1) is 17.7. The molecule has 4 rings (SSSR count). The lowest BCUT2D eigenvalue weighted by atomic mass is 9.86. The third kappa shape index (κ3) is 3.72. The average Bonchev–Trinajstić information content (AvgIpc) is 3.05. The van der Waals surface area contributed by atoms with E-state index in [1.807, 2.05) is 25.1 Å². The van der Waals surface area contributed by atoms with Crippen LogP contribution in [0.2, 0.25) is 0 Å². The van der Waals surface area contributed by atoms with E-state index in [1.54, 1.807) is 6.20 Å². The Balaban J connectivity index is 1.51. The van der Waals surface area contributed by atoms with E-state index in [9.17, 15) is 0 Å². The molecule has 0 spiro atoms. The molecule has 0 aliphatic heterocycles. The second kappa shape index (κ2) is 7.51. The fourth-order valence-electron chi connectivity index (χ4n) is 4.02. The van der Waals surface area contributed by atoms with Gasteiger partial charge in [-0.05, 0) is 64.2 Å². The van der Waals surface area contributed by atoms with Gasteiger partial charge < -0.3 is 4.74 Å². The molecule has 0 bridgehead atoms. The second-order valence-corrected chi connectivity index (χ2v) is 7.49. The largest absolute Gasteiger partial charge is 0.474 e. The first-order valence-corrected chi connectivity index (χ1v) is 9.69. The Morgan fingerprint density at radius 3 is 2.48 bits per heavy atom. The van der Waals surface area contributed by atoms with Gasteiger partial charge in [-0.1, -0.05) is 23.8 Å². The Bertz CT molecular complexity index is 911. The van der Waals surface area contributed by atoms with Crippen molar-refractivity contribution in [2.45, 2.75) is 58.5 Å². The normalized spacial score (nSPS) is 19.8. The van der Waals surface area contributed by atoms with Gasteiger partial charge in [0.1, 0.15) is 17.8 Å². The van der Waals surface area contributed by atoms with Gasteiger partial charge in [-0.25, -0.2) is 4.98 Å². The summed E-state index contributed by atoms with van der Waals surface area (Å²) in [6.07, 6.45) is 6.15. The zero-order valence-electron chi connectivity index (χ0n) is 16.2. The fourth-order valence-corrected chi connectivity index (χ4v) is 4.02. The van der Waals surface area contributed by atoms with E-state index in [0.29, 0.717) is 5.92 Å². The van der Waals surface area contributed by atoms with Crippen LogP contribution in [0, 0.1) is 20.8 Å². The van der Waals surface area contributed by atoms with Gasteiger partial charge in [0.25, 0.3) is 0 Å². The van der Waals surface area contributed by atoms with Gasteiger partial charge in [-0.3, -0.25) is 4.57 Å². The van der Waals surface area contributed by atoms with Crippen LogP contribution in [0.3, 0.4) is 0 Å². The van der Waals surface area contributed by atoms with Crippen molar-refractivity contribution in [3.05, 3.63) is 65.4 Å². The highest BCUT2D eigenvalue weighted by Crippen LogP contribution is 2.35. The first-order valence-electron chi connectivity index (χ1n) is 9.69. The van der Waals surface area contributed by atoms with Crippen LogP contribution < -0.4 is 4.74 Å². The highest BCUT2D eigenvalue weighted by Gasteiger charge is 2.28. The Morgan fingerprint density at radius 2 is 1.78 bits per heavy atom. The van der Waals surface area contributed by atoms with E-state index in [1.165, 1.54) is 16.8 Å². The van der Waals surface area contributed by atoms with Crippen molar-refractivity contribution < 1.29 is 4.74 Å². The molecule has 1 fully saturated rings. The van der Waals surface area contributed by atoms with Gasteiger partial charge in [-0.2, -0.15) is 0 Å². The number of hydrogen-bond donors (Lipinski definition) is 0. The highest BCUT2D eigenvalue weighted by molar-refractivity contribution is 5.44. The molecule has 27 heavy (non-hydrogen) atoms. The highest BCUT2D eigenvalue weighted by atomic mass is 16.5. The summed E-state index contributed by atoms with van der Waals surface area (Å²) in [5.74, 6) is 3.16. The lowest BCUT2D eigenvalue weighted by molar-refractivity contribution is 0.139. The van der Waals surface area contributed by atoms with Crippen LogP contribution in [0.5, 0.6) is 5.88 Å². The molecule has 1 saturated carbocycles. The molecule has 1 aromatic carbocycles. The molecule has 0 N–H and O–H groups in total. The zero-order chi connectivity index (χ0) is 18.8. The van der Waals surface area contributed by atoms with E-state index < -0.39 is 0 Å². The minimum atomic E-state index is 0.231. The molecular formula is C22H26N4O. The number of aromatic nitrogens is 4. The molecule has 0 radical (unpaired) electrons. The van der Waals surface area contributed by atoms with Crippen LogP contribution >= 0.6 is 0 Å². The third-order valence-corrected chi connectivity index (χ3v) is 5.41. The second-order valence-electron chi connectivity index (χ2n) is 7.49. The fraction of sp³-hybridized carbons (Fsp3) is 0.409. The quantitative estimate of drug-likeness (QED) is 0.675. The summed E-state index contributed by atoms with van der Waals surface area (Å²) < 4.78 is 8.27. The molecule has 5 heteroatoms. The van der Waals surface area contributed by atoms with E-state index >= 15 is 0 Å². The van der Waals surface area contributed by atoms with Crippen molar-refractivity contribution in [2.24, 2.45) is 0 Å². The number of benzene rings is 1. The first-order chi connectivity index (χ1) is 13.1. The number of nitrogens with zero attached hydrogens (tertiary/aromatic N) is 4. The summed E-state index contributed by atoms with van der Waals surface area (Å²) in [5.41, 5.74) is 3.71. The molecule has 0 saturated heterocycles. The molecule has 0 unspecified atom stereocenters. The third-order valence-electron chi connectivity index (χ3n) is 5.41. The van der Waals surface area contributed by atoms with Crippen LogP contribution in [0.1, 0.15) is 54.4 Å². The van der Waals surface area contributed by atoms with Crippen molar-refractivity contribution in [2.75, 3.05) is 0 Å². The van der Waals surface area contributed by atoms with Gasteiger partial charge in [-0.15, -0.1) is 10.2 Å². The van der Waals surface area contributed by atoms with Crippen molar-refractivity contribution in [1.29, 1.82) is 0 Å². The van der Waals surface area contributed by atoms with Gasteiger partial charge in [0.05, 0.1) is 5.69 Å². The molecule has 5 nitrogen and oxygen atoms in total. The maximum Gasteiger partial charge on any atom is 0.213 e. The molecule has 0 atom stereocenters. The number of rotatable bonds is 4. The molecule has 0 amide bonds. The smallest absolute Gasteiger partial charge is 0.213 e. The van der Waals surface area contributed by atoms with Gasteiger partial charge in [0, 0.05) is 18.2 Å². The van der Waals surface area contributed by atoms with Crippen molar-refractivity contribution >= 4 is 0 Å². The number of hydrogen-bond acceptors (Lipinski definition) is 4. The summed E-state index contributed by atoms with van der Waals surface area (Å²) >= 11 is 0. The standard InChI is InChI=1S/C22H26N4O/c1-15-7-12-20(16(2)14-15)26-17(3)24-25-22(26)18-8-10-19(11-9-18)27-21-6-4-5-13-23-21/h4-7,12-14,18-19H,8-11H2,1-3H3/t18-,19-. The van der Waals surface area contributed by atoms with Crippen molar-refractivity contribution in [3.63, 3.8) is 0 Å². The SMILES string of the molecule is Cc1ccc(-n2c(C)nnc2[C@H]2CC[C@H](Oc3ccccn3)CC2)c(C)c1. The maximum absolute atomic E-state index is 6.04.